The Morgan fingerprint density at radius 2 is 1.96 bits per heavy atom. The molecular formula is C18H19N3O2. The summed E-state index contributed by atoms with van der Waals surface area (Å²) >= 11 is 0. The van der Waals surface area contributed by atoms with Crippen molar-refractivity contribution in [2.45, 2.75) is 26.7 Å². The maximum Gasteiger partial charge on any atom is 0.267 e. The molecule has 0 aliphatic carbocycles. The van der Waals surface area contributed by atoms with Crippen LogP contribution in [-0.2, 0) is 0 Å². The van der Waals surface area contributed by atoms with E-state index in [-0.39, 0.29) is 11.5 Å². The van der Waals surface area contributed by atoms with Crippen molar-refractivity contribution in [3.63, 3.8) is 0 Å². The molecule has 2 heterocycles. The fraction of sp³-hybridized carbons (Fsp3) is 0.278. The normalized spacial score (nSPS) is 11.1. The van der Waals surface area contributed by atoms with Gasteiger partial charge in [-0.1, -0.05) is 26.0 Å². The van der Waals surface area contributed by atoms with Gasteiger partial charge in [-0.3, -0.25) is 9.36 Å². The molecular weight excluding hydrogens is 290 g/mol. The lowest BCUT2D eigenvalue weighted by atomic mass is 10.1. The molecule has 5 heteroatoms. The Bertz CT molecular complexity index is 900. The Morgan fingerprint density at radius 1 is 1.17 bits per heavy atom. The van der Waals surface area contributed by atoms with Gasteiger partial charge in [-0.25, -0.2) is 9.97 Å². The van der Waals surface area contributed by atoms with Crippen LogP contribution in [0.25, 0.3) is 16.7 Å². The number of para-hydroxylation sites is 2. The number of fused-ring (bicyclic) bond motifs is 1. The molecule has 0 spiro atoms. The van der Waals surface area contributed by atoms with E-state index in [2.05, 4.69) is 9.97 Å². The lowest BCUT2D eigenvalue weighted by Crippen LogP contribution is -2.25. The standard InChI is InChI=1S/C18H19N3O2/c1-4-23-15-10-6-5-9-14(15)21-17(12(2)3)20-16-13(18(21)22)8-7-11-19-16/h5-12H,4H2,1-3H3. The number of hydrogen-bond acceptors (Lipinski definition) is 4. The summed E-state index contributed by atoms with van der Waals surface area (Å²) in [5, 5.41) is 0.503. The second kappa shape index (κ2) is 6.20. The molecule has 1 aromatic carbocycles. The highest BCUT2D eigenvalue weighted by Crippen LogP contribution is 2.25. The van der Waals surface area contributed by atoms with Crippen LogP contribution >= 0.6 is 0 Å². The lowest BCUT2D eigenvalue weighted by Gasteiger charge is -2.18. The van der Waals surface area contributed by atoms with E-state index in [9.17, 15) is 4.79 Å². The molecule has 0 fully saturated rings. The Morgan fingerprint density at radius 3 is 2.70 bits per heavy atom. The van der Waals surface area contributed by atoms with Crippen LogP contribution in [-0.4, -0.2) is 21.1 Å². The molecule has 0 N–H and O–H groups in total. The summed E-state index contributed by atoms with van der Waals surface area (Å²) in [6.07, 6.45) is 1.65. The topological polar surface area (TPSA) is 57.0 Å². The summed E-state index contributed by atoms with van der Waals surface area (Å²) in [5.74, 6) is 1.42. The summed E-state index contributed by atoms with van der Waals surface area (Å²) in [6.45, 7) is 6.48. The number of aromatic nitrogens is 3. The van der Waals surface area contributed by atoms with Crippen LogP contribution in [0.15, 0.2) is 47.4 Å². The van der Waals surface area contributed by atoms with Crippen molar-refractivity contribution in [1.82, 2.24) is 14.5 Å². The summed E-state index contributed by atoms with van der Waals surface area (Å²) in [5.41, 5.74) is 1.06. The van der Waals surface area contributed by atoms with E-state index < -0.39 is 0 Å². The van der Waals surface area contributed by atoms with E-state index in [0.29, 0.717) is 34.9 Å². The van der Waals surface area contributed by atoms with Gasteiger partial charge in [0, 0.05) is 12.1 Å². The first-order chi connectivity index (χ1) is 11.1. The lowest BCUT2D eigenvalue weighted by molar-refractivity contribution is 0.338. The van der Waals surface area contributed by atoms with Gasteiger partial charge in [0.05, 0.1) is 17.7 Å². The zero-order valence-corrected chi connectivity index (χ0v) is 13.5. The summed E-state index contributed by atoms with van der Waals surface area (Å²) in [6, 6.07) is 11.0. The van der Waals surface area contributed by atoms with Gasteiger partial charge in [0.15, 0.2) is 5.65 Å². The Balaban J connectivity index is 2.39. The quantitative estimate of drug-likeness (QED) is 0.742. The average Bonchev–Trinajstić information content (AvgIpc) is 2.56. The molecule has 3 rings (SSSR count). The molecule has 0 saturated carbocycles. The molecule has 0 aliphatic heterocycles. The number of nitrogens with zero attached hydrogens (tertiary/aromatic N) is 3. The predicted octanol–water partition coefficient (Wildman–Crippen LogP) is 3.30. The molecule has 0 amide bonds. The molecule has 0 atom stereocenters. The molecule has 0 bridgehead atoms. The van der Waals surface area contributed by atoms with Crippen molar-refractivity contribution < 1.29 is 4.74 Å². The number of rotatable bonds is 4. The van der Waals surface area contributed by atoms with Crippen molar-refractivity contribution in [2.75, 3.05) is 6.61 Å². The Labute approximate surface area is 134 Å². The monoisotopic (exact) mass is 309 g/mol. The van der Waals surface area contributed by atoms with Gasteiger partial charge in [-0.05, 0) is 31.2 Å². The third-order valence-corrected chi connectivity index (χ3v) is 3.59. The van der Waals surface area contributed by atoms with Crippen LogP contribution in [0, 0.1) is 0 Å². The SMILES string of the molecule is CCOc1ccccc1-n1c(C(C)C)nc2ncccc2c1=O. The molecule has 23 heavy (non-hydrogen) atoms. The summed E-state index contributed by atoms with van der Waals surface area (Å²) in [7, 11) is 0. The third-order valence-electron chi connectivity index (χ3n) is 3.59. The third kappa shape index (κ3) is 2.70. The van der Waals surface area contributed by atoms with Gasteiger partial charge in [-0.2, -0.15) is 0 Å². The minimum absolute atomic E-state index is 0.0730. The number of benzene rings is 1. The highest BCUT2D eigenvalue weighted by atomic mass is 16.5. The zero-order chi connectivity index (χ0) is 16.4. The van der Waals surface area contributed by atoms with Crippen molar-refractivity contribution >= 4 is 11.0 Å². The van der Waals surface area contributed by atoms with Crippen LogP contribution in [0.2, 0.25) is 0 Å². The van der Waals surface area contributed by atoms with Gasteiger partial charge in [-0.15, -0.1) is 0 Å². The Hall–Kier alpha value is -2.69. The number of ether oxygens (including phenoxy) is 1. The van der Waals surface area contributed by atoms with Crippen LogP contribution < -0.4 is 10.3 Å². The van der Waals surface area contributed by atoms with Gasteiger partial charge in [0.2, 0.25) is 0 Å². The molecule has 0 aliphatic rings. The van der Waals surface area contributed by atoms with E-state index in [1.807, 2.05) is 45.0 Å². The molecule has 118 valence electrons. The van der Waals surface area contributed by atoms with Crippen molar-refractivity contribution in [2.24, 2.45) is 0 Å². The first-order valence-electron chi connectivity index (χ1n) is 7.73. The van der Waals surface area contributed by atoms with E-state index in [1.54, 1.807) is 22.9 Å². The number of hydrogen-bond donors (Lipinski definition) is 0. The molecule has 3 aromatic rings. The van der Waals surface area contributed by atoms with Crippen molar-refractivity contribution in [3.05, 3.63) is 58.8 Å². The minimum atomic E-state index is -0.126. The first-order valence-corrected chi connectivity index (χ1v) is 7.73. The van der Waals surface area contributed by atoms with Gasteiger partial charge < -0.3 is 4.74 Å². The van der Waals surface area contributed by atoms with Crippen LogP contribution in [0.5, 0.6) is 5.75 Å². The molecule has 0 saturated heterocycles. The maximum absolute atomic E-state index is 13.0. The molecule has 2 aromatic heterocycles. The summed E-state index contributed by atoms with van der Waals surface area (Å²) < 4.78 is 7.33. The molecule has 0 radical (unpaired) electrons. The van der Waals surface area contributed by atoms with Gasteiger partial charge in [0.1, 0.15) is 11.6 Å². The van der Waals surface area contributed by atoms with Crippen molar-refractivity contribution in [3.8, 4) is 11.4 Å². The average molecular weight is 309 g/mol. The maximum atomic E-state index is 13.0. The Kier molecular flexibility index (Phi) is 4.10. The first kappa shape index (κ1) is 15.2. The van der Waals surface area contributed by atoms with E-state index in [4.69, 9.17) is 4.74 Å². The van der Waals surface area contributed by atoms with Gasteiger partial charge >= 0.3 is 0 Å². The van der Waals surface area contributed by atoms with E-state index >= 15 is 0 Å². The second-order valence-corrected chi connectivity index (χ2v) is 5.54. The van der Waals surface area contributed by atoms with Crippen LogP contribution in [0.1, 0.15) is 32.5 Å². The minimum Gasteiger partial charge on any atom is -0.492 e. The smallest absolute Gasteiger partial charge is 0.267 e. The number of pyridine rings is 1. The molecule has 0 unspecified atom stereocenters. The largest absolute Gasteiger partial charge is 0.492 e. The zero-order valence-electron chi connectivity index (χ0n) is 13.5. The fourth-order valence-corrected chi connectivity index (χ4v) is 2.58. The predicted molar refractivity (Wildman–Crippen MR) is 90.4 cm³/mol. The van der Waals surface area contributed by atoms with Crippen LogP contribution in [0.4, 0.5) is 0 Å². The van der Waals surface area contributed by atoms with E-state index in [1.165, 1.54) is 0 Å². The van der Waals surface area contributed by atoms with Crippen molar-refractivity contribution in [1.29, 1.82) is 0 Å². The second-order valence-electron chi connectivity index (χ2n) is 5.54. The summed E-state index contributed by atoms with van der Waals surface area (Å²) in [4.78, 5) is 21.9. The fourth-order valence-electron chi connectivity index (χ4n) is 2.58. The van der Waals surface area contributed by atoms with Gasteiger partial charge in [0.25, 0.3) is 5.56 Å². The highest BCUT2D eigenvalue weighted by molar-refractivity contribution is 5.74. The van der Waals surface area contributed by atoms with Crippen LogP contribution in [0.3, 0.4) is 0 Å². The highest BCUT2D eigenvalue weighted by Gasteiger charge is 2.18. The molecule has 5 nitrogen and oxygen atoms in total. The van der Waals surface area contributed by atoms with E-state index in [0.717, 1.165) is 0 Å².